The van der Waals surface area contributed by atoms with Crippen LogP contribution in [0.2, 0.25) is 0 Å². The third-order valence-electron chi connectivity index (χ3n) is 4.13. The lowest BCUT2D eigenvalue weighted by atomic mass is 9.78. The zero-order valence-electron chi connectivity index (χ0n) is 12.6. The number of hydrogen-bond acceptors (Lipinski definition) is 3. The lowest BCUT2D eigenvalue weighted by Gasteiger charge is -2.36. The summed E-state index contributed by atoms with van der Waals surface area (Å²) in [5.74, 6) is 0.610. The molecule has 0 spiro atoms. The smallest absolute Gasteiger partial charge is 0.0766 e. The molecular formula is C15H25BrN2O2. The van der Waals surface area contributed by atoms with E-state index in [2.05, 4.69) is 28.0 Å². The number of halogens is 1. The number of hydrogen-bond donors (Lipinski definition) is 1. The number of aryl methyl sites for hydroxylation is 2. The van der Waals surface area contributed by atoms with Gasteiger partial charge in [0.1, 0.15) is 0 Å². The Morgan fingerprint density at radius 2 is 2.15 bits per heavy atom. The Balaban J connectivity index is 1.83. The summed E-state index contributed by atoms with van der Waals surface area (Å²) in [6, 6.07) is 0. The van der Waals surface area contributed by atoms with Crippen LogP contribution in [0.15, 0.2) is 4.47 Å². The molecule has 1 aliphatic rings. The van der Waals surface area contributed by atoms with E-state index in [9.17, 15) is 5.11 Å². The zero-order chi connectivity index (χ0) is 14.7. The summed E-state index contributed by atoms with van der Waals surface area (Å²) in [5.41, 5.74) is 2.16. The number of nitrogens with zero attached hydrogens (tertiary/aromatic N) is 2. The van der Waals surface area contributed by atoms with E-state index in [0.717, 1.165) is 48.2 Å². The van der Waals surface area contributed by atoms with E-state index in [1.54, 1.807) is 0 Å². The van der Waals surface area contributed by atoms with Crippen molar-refractivity contribution < 1.29 is 9.84 Å². The maximum absolute atomic E-state index is 10.3. The second-order valence-electron chi connectivity index (χ2n) is 5.69. The van der Waals surface area contributed by atoms with Crippen molar-refractivity contribution >= 4 is 15.9 Å². The molecule has 1 saturated carbocycles. The summed E-state index contributed by atoms with van der Waals surface area (Å²) in [5, 5.41) is 14.8. The van der Waals surface area contributed by atoms with Crippen molar-refractivity contribution in [3.63, 3.8) is 0 Å². The minimum atomic E-state index is -0.293. The number of rotatable bonds is 7. The number of ether oxygens (including phenoxy) is 1. The maximum Gasteiger partial charge on any atom is 0.0766 e. The van der Waals surface area contributed by atoms with Crippen molar-refractivity contribution in [3.05, 3.63) is 15.9 Å². The lowest BCUT2D eigenvalue weighted by molar-refractivity contribution is -0.0377. The first-order valence-electron chi connectivity index (χ1n) is 7.55. The molecule has 1 aromatic heterocycles. The highest BCUT2D eigenvalue weighted by atomic mass is 79.9. The van der Waals surface area contributed by atoms with Gasteiger partial charge in [-0.1, -0.05) is 6.92 Å². The second-order valence-corrected chi connectivity index (χ2v) is 6.49. The summed E-state index contributed by atoms with van der Waals surface area (Å²) in [7, 11) is 1.94. The summed E-state index contributed by atoms with van der Waals surface area (Å²) in [6.07, 6.45) is 4.76. The van der Waals surface area contributed by atoms with Crippen LogP contribution in [0.25, 0.3) is 0 Å². The van der Waals surface area contributed by atoms with Crippen molar-refractivity contribution in [2.75, 3.05) is 6.61 Å². The first-order chi connectivity index (χ1) is 9.55. The molecule has 1 heterocycles. The van der Waals surface area contributed by atoms with Crippen LogP contribution in [-0.2, 0) is 24.6 Å². The molecule has 2 rings (SSSR count). The highest BCUT2D eigenvalue weighted by Gasteiger charge is 2.31. The van der Waals surface area contributed by atoms with Crippen molar-refractivity contribution in [2.45, 2.75) is 58.2 Å². The van der Waals surface area contributed by atoms with Gasteiger partial charge in [0.2, 0.25) is 0 Å². The van der Waals surface area contributed by atoms with Crippen LogP contribution in [-0.4, -0.2) is 33.7 Å². The molecular weight excluding hydrogens is 320 g/mol. The molecule has 4 nitrogen and oxygen atoms in total. The van der Waals surface area contributed by atoms with Gasteiger partial charge in [0.15, 0.2) is 0 Å². The molecule has 0 amide bonds. The summed E-state index contributed by atoms with van der Waals surface area (Å²) >= 11 is 3.60. The van der Waals surface area contributed by atoms with Crippen LogP contribution in [0.5, 0.6) is 0 Å². The second kappa shape index (κ2) is 7.05. The fraction of sp³-hybridized carbons (Fsp3) is 0.800. The van der Waals surface area contributed by atoms with Gasteiger partial charge in [-0.25, -0.2) is 0 Å². The molecule has 5 heteroatoms. The molecule has 0 saturated heterocycles. The number of aliphatic hydroxyl groups is 1. The average Bonchev–Trinajstić information content (AvgIpc) is 2.64. The monoisotopic (exact) mass is 344 g/mol. The third kappa shape index (κ3) is 3.62. The Morgan fingerprint density at radius 3 is 2.70 bits per heavy atom. The molecule has 1 N–H and O–H groups in total. The Morgan fingerprint density at radius 1 is 1.45 bits per heavy atom. The van der Waals surface area contributed by atoms with E-state index in [4.69, 9.17) is 4.74 Å². The highest BCUT2D eigenvalue weighted by Crippen LogP contribution is 2.34. The van der Waals surface area contributed by atoms with Gasteiger partial charge < -0.3 is 9.84 Å². The van der Waals surface area contributed by atoms with Gasteiger partial charge in [-0.15, -0.1) is 0 Å². The molecule has 20 heavy (non-hydrogen) atoms. The predicted molar refractivity (Wildman–Crippen MR) is 82.8 cm³/mol. The van der Waals surface area contributed by atoms with Crippen LogP contribution in [0.1, 0.15) is 44.5 Å². The Bertz CT molecular complexity index is 441. The average molecular weight is 345 g/mol. The topological polar surface area (TPSA) is 47.3 Å². The van der Waals surface area contributed by atoms with E-state index < -0.39 is 0 Å². The van der Waals surface area contributed by atoms with E-state index in [1.165, 1.54) is 0 Å². The molecule has 1 atom stereocenters. The van der Waals surface area contributed by atoms with E-state index in [1.807, 2.05) is 18.7 Å². The third-order valence-corrected chi connectivity index (χ3v) is 5.05. The van der Waals surface area contributed by atoms with Crippen LogP contribution >= 0.6 is 15.9 Å². The quantitative estimate of drug-likeness (QED) is 0.827. The molecule has 0 aromatic carbocycles. The van der Waals surface area contributed by atoms with Gasteiger partial charge >= 0.3 is 0 Å². The fourth-order valence-corrected chi connectivity index (χ4v) is 3.75. The first kappa shape index (κ1) is 16.0. The van der Waals surface area contributed by atoms with Gasteiger partial charge in [-0.05, 0) is 54.5 Å². The van der Waals surface area contributed by atoms with E-state index >= 15 is 0 Å². The minimum absolute atomic E-state index is 0.293. The Kier molecular flexibility index (Phi) is 5.64. The van der Waals surface area contributed by atoms with Crippen LogP contribution in [0.3, 0.4) is 0 Å². The zero-order valence-corrected chi connectivity index (χ0v) is 14.2. The Labute approximate surface area is 129 Å². The number of aliphatic hydroxyl groups excluding tert-OH is 1. The van der Waals surface area contributed by atoms with Crippen molar-refractivity contribution in [1.29, 1.82) is 0 Å². The van der Waals surface area contributed by atoms with Crippen molar-refractivity contribution in [2.24, 2.45) is 13.0 Å². The van der Waals surface area contributed by atoms with Gasteiger partial charge in [0, 0.05) is 20.1 Å². The van der Waals surface area contributed by atoms with Gasteiger partial charge in [0.25, 0.3) is 0 Å². The molecule has 0 radical (unpaired) electrons. The molecule has 1 aromatic rings. The van der Waals surface area contributed by atoms with Gasteiger partial charge in [0.05, 0.1) is 28.1 Å². The summed E-state index contributed by atoms with van der Waals surface area (Å²) < 4.78 is 8.50. The normalized spacial score (nSPS) is 23.6. The van der Waals surface area contributed by atoms with Crippen molar-refractivity contribution in [1.82, 2.24) is 9.78 Å². The first-order valence-corrected chi connectivity index (χ1v) is 8.34. The fourth-order valence-electron chi connectivity index (χ4n) is 2.97. The van der Waals surface area contributed by atoms with E-state index in [0.29, 0.717) is 18.4 Å². The SMILES string of the molecule is CCOC1CC(CC(O)Cc2c(Br)c(CC)nn2C)C1. The molecule has 1 fully saturated rings. The summed E-state index contributed by atoms with van der Waals surface area (Å²) in [4.78, 5) is 0. The molecule has 0 aliphatic heterocycles. The summed E-state index contributed by atoms with van der Waals surface area (Å²) in [6.45, 7) is 4.92. The highest BCUT2D eigenvalue weighted by molar-refractivity contribution is 9.10. The van der Waals surface area contributed by atoms with Gasteiger partial charge in [-0.3, -0.25) is 4.68 Å². The van der Waals surface area contributed by atoms with Gasteiger partial charge in [-0.2, -0.15) is 5.10 Å². The van der Waals surface area contributed by atoms with Crippen LogP contribution < -0.4 is 0 Å². The number of aromatic nitrogens is 2. The predicted octanol–water partition coefficient (Wildman–Crippen LogP) is 2.85. The minimum Gasteiger partial charge on any atom is -0.393 e. The van der Waals surface area contributed by atoms with Crippen LogP contribution in [0.4, 0.5) is 0 Å². The largest absolute Gasteiger partial charge is 0.393 e. The molecule has 114 valence electrons. The standard InChI is InChI=1S/C15H25BrN2O2/c1-4-13-15(16)14(18(3)17-13)9-11(19)6-10-7-12(8-10)20-5-2/h10-12,19H,4-9H2,1-3H3. The van der Waals surface area contributed by atoms with Crippen molar-refractivity contribution in [3.8, 4) is 0 Å². The molecule has 1 aliphatic carbocycles. The maximum atomic E-state index is 10.3. The molecule has 0 bridgehead atoms. The molecule has 1 unspecified atom stereocenters. The lowest BCUT2D eigenvalue weighted by Crippen LogP contribution is -2.34. The Hall–Kier alpha value is -0.390. The van der Waals surface area contributed by atoms with Crippen LogP contribution in [0, 0.1) is 5.92 Å². The van der Waals surface area contributed by atoms with E-state index in [-0.39, 0.29) is 6.10 Å².